The average Bonchev–Trinajstić information content (AvgIpc) is 3.03. The van der Waals surface area contributed by atoms with Gasteiger partial charge < -0.3 is 10.6 Å². The molecule has 0 saturated heterocycles. The van der Waals surface area contributed by atoms with Gasteiger partial charge in [-0.3, -0.25) is 0 Å². The first-order valence-electron chi connectivity index (χ1n) is 7.11. The smallest absolute Gasteiger partial charge is 0.319 e. The SMILES string of the molecule is O=C(NC[C@H]1C[C@H]2CC[C@H]1C2)Nc1ccc(Cl)c(Cl)c1. The maximum absolute atomic E-state index is 11.9. The second kappa shape index (κ2) is 5.82. The maximum Gasteiger partial charge on any atom is 0.319 e. The van der Waals surface area contributed by atoms with Crippen molar-refractivity contribution in [1.82, 2.24) is 5.32 Å². The van der Waals surface area contributed by atoms with Gasteiger partial charge in [0.25, 0.3) is 0 Å². The van der Waals surface area contributed by atoms with E-state index in [2.05, 4.69) is 10.6 Å². The number of anilines is 1. The second-order valence-corrected chi connectivity index (χ2v) is 6.71. The Morgan fingerprint density at radius 2 is 2.05 bits per heavy atom. The number of benzene rings is 1. The second-order valence-electron chi connectivity index (χ2n) is 5.90. The monoisotopic (exact) mass is 312 g/mol. The van der Waals surface area contributed by atoms with E-state index in [1.807, 2.05) is 0 Å². The van der Waals surface area contributed by atoms with Crippen molar-refractivity contribution in [3.63, 3.8) is 0 Å². The molecule has 108 valence electrons. The van der Waals surface area contributed by atoms with Crippen LogP contribution in [0.25, 0.3) is 0 Å². The largest absolute Gasteiger partial charge is 0.338 e. The zero-order chi connectivity index (χ0) is 14.1. The van der Waals surface area contributed by atoms with Crippen LogP contribution in [0.15, 0.2) is 18.2 Å². The third kappa shape index (κ3) is 3.04. The Balaban J connectivity index is 1.48. The van der Waals surface area contributed by atoms with Gasteiger partial charge in [0.15, 0.2) is 0 Å². The number of nitrogens with one attached hydrogen (secondary N) is 2. The highest BCUT2D eigenvalue weighted by Gasteiger charge is 2.39. The highest BCUT2D eigenvalue weighted by molar-refractivity contribution is 6.42. The first-order chi connectivity index (χ1) is 9.61. The Kier molecular flexibility index (Phi) is 4.08. The number of fused-ring (bicyclic) bond motifs is 2. The van der Waals surface area contributed by atoms with Gasteiger partial charge in [-0.05, 0) is 55.2 Å². The Labute approximate surface area is 129 Å². The van der Waals surface area contributed by atoms with E-state index < -0.39 is 0 Å². The van der Waals surface area contributed by atoms with Crippen LogP contribution in [0, 0.1) is 17.8 Å². The van der Waals surface area contributed by atoms with Gasteiger partial charge in [-0.15, -0.1) is 0 Å². The highest BCUT2D eigenvalue weighted by Crippen LogP contribution is 2.47. The molecule has 3 atom stereocenters. The molecule has 2 amide bonds. The van der Waals surface area contributed by atoms with Crippen LogP contribution in [0.5, 0.6) is 0 Å². The molecule has 2 N–H and O–H groups in total. The third-order valence-electron chi connectivity index (χ3n) is 4.59. The van der Waals surface area contributed by atoms with Gasteiger partial charge in [-0.25, -0.2) is 4.79 Å². The molecule has 2 saturated carbocycles. The van der Waals surface area contributed by atoms with E-state index in [9.17, 15) is 4.79 Å². The zero-order valence-corrected chi connectivity index (χ0v) is 12.7. The Morgan fingerprint density at radius 1 is 1.20 bits per heavy atom. The first-order valence-corrected chi connectivity index (χ1v) is 7.87. The summed E-state index contributed by atoms with van der Waals surface area (Å²) >= 11 is 11.8. The number of carbonyl (C=O) groups is 1. The summed E-state index contributed by atoms with van der Waals surface area (Å²) in [7, 11) is 0. The number of carbonyl (C=O) groups excluding carboxylic acids is 1. The lowest BCUT2D eigenvalue weighted by Crippen LogP contribution is -2.34. The summed E-state index contributed by atoms with van der Waals surface area (Å²) < 4.78 is 0. The number of hydrogen-bond acceptors (Lipinski definition) is 1. The van der Waals surface area contributed by atoms with Crippen LogP contribution in [0.3, 0.4) is 0 Å². The number of hydrogen-bond donors (Lipinski definition) is 2. The molecular formula is C15H18Cl2N2O. The molecule has 0 heterocycles. The van der Waals surface area contributed by atoms with E-state index in [-0.39, 0.29) is 6.03 Å². The summed E-state index contributed by atoms with van der Waals surface area (Å²) in [4.78, 5) is 11.9. The number of amides is 2. The lowest BCUT2D eigenvalue weighted by molar-refractivity contribution is 0.245. The van der Waals surface area contributed by atoms with E-state index in [4.69, 9.17) is 23.2 Å². The van der Waals surface area contributed by atoms with Gasteiger partial charge in [0, 0.05) is 12.2 Å². The summed E-state index contributed by atoms with van der Waals surface area (Å²) in [6.45, 7) is 0.772. The molecule has 2 fully saturated rings. The molecule has 2 aliphatic rings. The molecule has 3 nitrogen and oxygen atoms in total. The quantitative estimate of drug-likeness (QED) is 0.844. The normalized spacial score (nSPS) is 27.6. The van der Waals surface area contributed by atoms with Crippen molar-refractivity contribution in [2.75, 3.05) is 11.9 Å². The van der Waals surface area contributed by atoms with Crippen molar-refractivity contribution >= 4 is 34.9 Å². The molecule has 0 radical (unpaired) electrons. The summed E-state index contributed by atoms with van der Waals surface area (Å²) in [6.07, 6.45) is 5.36. The van der Waals surface area contributed by atoms with Gasteiger partial charge >= 0.3 is 6.03 Å². The highest BCUT2D eigenvalue weighted by atomic mass is 35.5. The fourth-order valence-electron chi connectivity index (χ4n) is 3.60. The predicted molar refractivity (Wildman–Crippen MR) is 82.4 cm³/mol. The molecule has 0 aliphatic heterocycles. The molecule has 2 aliphatic carbocycles. The van der Waals surface area contributed by atoms with Gasteiger partial charge in [-0.2, -0.15) is 0 Å². The van der Waals surface area contributed by atoms with Crippen molar-refractivity contribution in [1.29, 1.82) is 0 Å². The Hall–Kier alpha value is -0.930. The van der Waals surface area contributed by atoms with Gasteiger partial charge in [0.1, 0.15) is 0 Å². The van der Waals surface area contributed by atoms with Crippen molar-refractivity contribution < 1.29 is 4.79 Å². The lowest BCUT2D eigenvalue weighted by atomic mass is 9.89. The maximum atomic E-state index is 11.9. The van der Waals surface area contributed by atoms with Gasteiger partial charge in [0.2, 0.25) is 0 Å². The van der Waals surface area contributed by atoms with E-state index in [1.165, 1.54) is 25.7 Å². The van der Waals surface area contributed by atoms with E-state index in [1.54, 1.807) is 18.2 Å². The molecule has 0 unspecified atom stereocenters. The van der Waals surface area contributed by atoms with Crippen LogP contribution in [0.4, 0.5) is 10.5 Å². The molecule has 20 heavy (non-hydrogen) atoms. The van der Waals surface area contributed by atoms with Crippen LogP contribution in [-0.4, -0.2) is 12.6 Å². The van der Waals surface area contributed by atoms with Crippen LogP contribution in [-0.2, 0) is 0 Å². The van der Waals surface area contributed by atoms with E-state index in [0.717, 1.165) is 18.4 Å². The number of halogens is 2. The molecule has 2 bridgehead atoms. The minimum absolute atomic E-state index is 0.175. The molecule has 0 spiro atoms. The molecule has 1 aromatic rings. The lowest BCUT2D eigenvalue weighted by Gasteiger charge is -2.21. The molecular weight excluding hydrogens is 295 g/mol. The van der Waals surface area contributed by atoms with Crippen LogP contribution < -0.4 is 10.6 Å². The fraction of sp³-hybridized carbons (Fsp3) is 0.533. The number of urea groups is 1. The summed E-state index contributed by atoms with van der Waals surface area (Å²) in [5.74, 6) is 2.39. The van der Waals surface area contributed by atoms with Crippen molar-refractivity contribution in [3.05, 3.63) is 28.2 Å². The Bertz CT molecular complexity index is 521. The van der Waals surface area contributed by atoms with Crippen LogP contribution >= 0.6 is 23.2 Å². The summed E-state index contributed by atoms with van der Waals surface area (Å²) in [6, 6.07) is 4.90. The van der Waals surface area contributed by atoms with E-state index >= 15 is 0 Å². The zero-order valence-electron chi connectivity index (χ0n) is 11.2. The van der Waals surface area contributed by atoms with Crippen LogP contribution in [0.1, 0.15) is 25.7 Å². The minimum atomic E-state index is -0.175. The summed E-state index contributed by atoms with van der Waals surface area (Å²) in [5, 5.41) is 6.68. The van der Waals surface area contributed by atoms with Crippen molar-refractivity contribution in [2.45, 2.75) is 25.7 Å². The standard InChI is InChI=1S/C15H18Cl2N2O/c16-13-4-3-12(7-14(13)17)19-15(20)18-8-11-6-9-1-2-10(11)5-9/h3-4,7,9-11H,1-2,5-6,8H2,(H2,18,19,20)/t9-,10-,11+/m0/s1. The number of rotatable bonds is 3. The first kappa shape index (κ1) is 14.0. The van der Waals surface area contributed by atoms with Gasteiger partial charge in [-0.1, -0.05) is 29.6 Å². The molecule has 3 rings (SSSR count). The summed E-state index contributed by atoms with van der Waals surface area (Å²) in [5.41, 5.74) is 0.657. The topological polar surface area (TPSA) is 41.1 Å². The Morgan fingerprint density at radius 3 is 2.70 bits per heavy atom. The molecule has 1 aromatic carbocycles. The molecule has 5 heteroatoms. The van der Waals surface area contributed by atoms with Crippen LogP contribution in [0.2, 0.25) is 10.0 Å². The average molecular weight is 313 g/mol. The third-order valence-corrected chi connectivity index (χ3v) is 5.33. The minimum Gasteiger partial charge on any atom is -0.338 e. The van der Waals surface area contributed by atoms with E-state index in [0.29, 0.717) is 21.7 Å². The van der Waals surface area contributed by atoms with Crippen molar-refractivity contribution in [3.8, 4) is 0 Å². The fourth-order valence-corrected chi connectivity index (χ4v) is 3.90. The predicted octanol–water partition coefficient (Wildman–Crippen LogP) is 4.55. The van der Waals surface area contributed by atoms with Crippen molar-refractivity contribution in [2.24, 2.45) is 17.8 Å². The van der Waals surface area contributed by atoms with Gasteiger partial charge in [0.05, 0.1) is 10.0 Å². The molecule has 0 aromatic heterocycles.